The Labute approximate surface area is 127 Å². The van der Waals surface area contributed by atoms with Gasteiger partial charge in [0.25, 0.3) is 0 Å². The lowest BCUT2D eigenvalue weighted by Gasteiger charge is -2.31. The van der Waals surface area contributed by atoms with E-state index < -0.39 is 5.97 Å². The second kappa shape index (κ2) is 6.31. The van der Waals surface area contributed by atoms with Crippen LogP contribution < -0.4 is 0 Å². The van der Waals surface area contributed by atoms with Crippen LogP contribution in [-0.2, 0) is 11.3 Å². The molecule has 1 fully saturated rings. The van der Waals surface area contributed by atoms with Crippen molar-refractivity contribution in [3.8, 4) is 0 Å². The van der Waals surface area contributed by atoms with Crippen LogP contribution >= 0.6 is 34.8 Å². The van der Waals surface area contributed by atoms with Crippen LogP contribution in [0.5, 0.6) is 0 Å². The van der Waals surface area contributed by atoms with Gasteiger partial charge in [-0.1, -0.05) is 34.8 Å². The molecule has 1 heterocycles. The molecule has 2 rings (SSSR count). The predicted octanol–water partition coefficient (Wildman–Crippen LogP) is 3.94. The van der Waals surface area contributed by atoms with Gasteiger partial charge in [0, 0.05) is 23.7 Å². The molecule has 1 N–H and O–H groups in total. The highest BCUT2D eigenvalue weighted by Gasteiger charge is 2.26. The molecule has 0 aromatic heterocycles. The van der Waals surface area contributed by atoms with Crippen molar-refractivity contribution in [2.45, 2.75) is 19.4 Å². The first kappa shape index (κ1) is 14.9. The molecule has 0 saturated carbocycles. The van der Waals surface area contributed by atoms with Crippen LogP contribution in [-0.4, -0.2) is 29.1 Å². The topological polar surface area (TPSA) is 40.5 Å². The van der Waals surface area contributed by atoms with Crippen LogP contribution in [0.15, 0.2) is 12.1 Å². The Balaban J connectivity index is 2.13. The lowest BCUT2D eigenvalue weighted by atomic mass is 9.98. The first-order valence-corrected chi connectivity index (χ1v) is 7.20. The number of carboxylic acid groups (broad SMARTS) is 1. The summed E-state index contributed by atoms with van der Waals surface area (Å²) in [5.41, 5.74) is 0.766. The number of rotatable bonds is 3. The number of benzene rings is 1. The molecule has 3 nitrogen and oxygen atoms in total. The number of aliphatic carboxylic acids is 1. The van der Waals surface area contributed by atoms with Gasteiger partial charge in [-0.15, -0.1) is 0 Å². The number of likely N-dealkylation sites (tertiary alicyclic amines) is 1. The Bertz CT molecular complexity index is 493. The van der Waals surface area contributed by atoms with E-state index >= 15 is 0 Å². The Morgan fingerprint density at radius 3 is 2.68 bits per heavy atom. The Kier molecular flexibility index (Phi) is 4.96. The van der Waals surface area contributed by atoms with E-state index in [2.05, 4.69) is 4.90 Å². The van der Waals surface area contributed by atoms with Crippen molar-refractivity contribution in [1.82, 2.24) is 4.90 Å². The summed E-state index contributed by atoms with van der Waals surface area (Å²) < 4.78 is 0. The molecule has 0 spiro atoms. The average molecular weight is 323 g/mol. The number of carbonyl (C=O) groups is 1. The van der Waals surface area contributed by atoms with Gasteiger partial charge in [-0.25, -0.2) is 0 Å². The van der Waals surface area contributed by atoms with Crippen LogP contribution in [0.3, 0.4) is 0 Å². The van der Waals surface area contributed by atoms with Crippen molar-refractivity contribution in [2.24, 2.45) is 5.92 Å². The van der Waals surface area contributed by atoms with Gasteiger partial charge < -0.3 is 5.11 Å². The van der Waals surface area contributed by atoms with E-state index in [1.165, 1.54) is 0 Å². The highest BCUT2D eigenvalue weighted by atomic mass is 35.5. The lowest BCUT2D eigenvalue weighted by Crippen LogP contribution is -2.38. The molecular weight excluding hydrogens is 309 g/mol. The highest BCUT2D eigenvalue weighted by Crippen LogP contribution is 2.33. The van der Waals surface area contributed by atoms with Crippen LogP contribution in [0, 0.1) is 5.92 Å². The minimum atomic E-state index is -0.743. The fraction of sp³-hybridized carbons (Fsp3) is 0.462. The van der Waals surface area contributed by atoms with E-state index in [-0.39, 0.29) is 5.92 Å². The largest absolute Gasteiger partial charge is 0.481 e. The number of halogens is 3. The van der Waals surface area contributed by atoms with Crippen molar-refractivity contribution < 1.29 is 9.90 Å². The molecule has 1 unspecified atom stereocenters. The molecule has 6 heteroatoms. The molecule has 0 radical (unpaired) electrons. The summed E-state index contributed by atoms with van der Waals surface area (Å²) in [5, 5.41) is 10.6. The fourth-order valence-electron chi connectivity index (χ4n) is 2.34. The van der Waals surface area contributed by atoms with E-state index in [4.69, 9.17) is 39.9 Å². The number of hydrogen-bond donors (Lipinski definition) is 1. The Hall–Kier alpha value is -0.480. The quantitative estimate of drug-likeness (QED) is 0.857. The molecule has 1 aromatic rings. The van der Waals surface area contributed by atoms with Crippen LogP contribution in [0.25, 0.3) is 0 Å². The third-order valence-corrected chi connectivity index (χ3v) is 4.57. The number of carboxylic acids is 1. The SMILES string of the molecule is O=C(O)C1CCCN(Cc2c(Cl)ccc(Cl)c2Cl)C1. The van der Waals surface area contributed by atoms with Gasteiger partial charge in [0.1, 0.15) is 0 Å². The zero-order valence-electron chi connectivity index (χ0n) is 10.2. The smallest absolute Gasteiger partial charge is 0.307 e. The molecule has 104 valence electrons. The van der Waals surface area contributed by atoms with Crippen molar-refractivity contribution >= 4 is 40.8 Å². The zero-order valence-corrected chi connectivity index (χ0v) is 12.5. The van der Waals surface area contributed by atoms with Crippen molar-refractivity contribution in [2.75, 3.05) is 13.1 Å². The van der Waals surface area contributed by atoms with E-state index in [0.717, 1.165) is 24.9 Å². The monoisotopic (exact) mass is 321 g/mol. The molecule has 1 saturated heterocycles. The van der Waals surface area contributed by atoms with E-state index in [1.807, 2.05) is 0 Å². The second-order valence-electron chi connectivity index (χ2n) is 4.73. The lowest BCUT2D eigenvalue weighted by molar-refractivity contribution is -0.143. The molecule has 0 bridgehead atoms. The number of piperidine rings is 1. The van der Waals surface area contributed by atoms with E-state index in [9.17, 15) is 4.79 Å². The standard InChI is InChI=1S/C13H14Cl3NO2/c14-10-3-4-11(15)12(16)9(10)7-17-5-1-2-8(6-17)13(18)19/h3-4,8H,1-2,5-7H2,(H,18,19). The normalized spacial score (nSPS) is 20.5. The predicted molar refractivity (Wildman–Crippen MR) is 77.1 cm³/mol. The van der Waals surface area contributed by atoms with Gasteiger partial charge in [-0.05, 0) is 31.5 Å². The molecule has 1 atom stereocenters. The summed E-state index contributed by atoms with van der Waals surface area (Å²) in [4.78, 5) is 13.1. The van der Waals surface area contributed by atoms with Gasteiger partial charge >= 0.3 is 5.97 Å². The first-order chi connectivity index (χ1) is 8.99. The molecule has 1 aliphatic heterocycles. The maximum atomic E-state index is 11.0. The molecule has 0 amide bonds. The second-order valence-corrected chi connectivity index (χ2v) is 5.93. The number of hydrogen-bond acceptors (Lipinski definition) is 2. The first-order valence-electron chi connectivity index (χ1n) is 6.06. The van der Waals surface area contributed by atoms with Crippen molar-refractivity contribution in [3.05, 3.63) is 32.8 Å². The van der Waals surface area contributed by atoms with Gasteiger partial charge in [-0.3, -0.25) is 9.69 Å². The fourth-order valence-corrected chi connectivity index (χ4v) is 3.01. The van der Waals surface area contributed by atoms with Gasteiger partial charge in [0.05, 0.1) is 16.0 Å². The van der Waals surface area contributed by atoms with E-state index in [0.29, 0.717) is 28.2 Å². The molecular formula is C13H14Cl3NO2. The van der Waals surface area contributed by atoms with E-state index in [1.54, 1.807) is 12.1 Å². The van der Waals surface area contributed by atoms with Crippen LogP contribution in [0.1, 0.15) is 18.4 Å². The summed E-state index contributed by atoms with van der Waals surface area (Å²) in [7, 11) is 0. The molecule has 19 heavy (non-hydrogen) atoms. The third-order valence-electron chi connectivity index (χ3n) is 3.38. The number of nitrogens with zero attached hydrogens (tertiary/aromatic N) is 1. The van der Waals surface area contributed by atoms with Crippen LogP contribution in [0.2, 0.25) is 15.1 Å². The summed E-state index contributed by atoms with van der Waals surface area (Å²) >= 11 is 18.3. The maximum Gasteiger partial charge on any atom is 0.307 e. The Morgan fingerprint density at radius 2 is 2.00 bits per heavy atom. The minimum absolute atomic E-state index is 0.314. The van der Waals surface area contributed by atoms with Gasteiger partial charge in [0.15, 0.2) is 0 Å². The zero-order chi connectivity index (χ0) is 14.0. The summed E-state index contributed by atoms with van der Waals surface area (Å²) in [6, 6.07) is 3.37. The average Bonchev–Trinajstić information content (AvgIpc) is 2.39. The maximum absolute atomic E-state index is 11.0. The van der Waals surface area contributed by atoms with Crippen molar-refractivity contribution in [3.63, 3.8) is 0 Å². The molecule has 1 aliphatic rings. The molecule has 1 aromatic carbocycles. The van der Waals surface area contributed by atoms with Crippen molar-refractivity contribution in [1.29, 1.82) is 0 Å². The van der Waals surface area contributed by atoms with Crippen LogP contribution in [0.4, 0.5) is 0 Å². The summed E-state index contributed by atoms with van der Waals surface area (Å²) in [5.74, 6) is -1.06. The highest BCUT2D eigenvalue weighted by molar-refractivity contribution is 6.44. The van der Waals surface area contributed by atoms with Gasteiger partial charge in [0.2, 0.25) is 0 Å². The minimum Gasteiger partial charge on any atom is -0.481 e. The molecule has 0 aliphatic carbocycles. The van der Waals surface area contributed by atoms with Gasteiger partial charge in [-0.2, -0.15) is 0 Å². The summed E-state index contributed by atoms with van der Waals surface area (Å²) in [6.45, 7) is 1.90. The third kappa shape index (κ3) is 3.54. The Morgan fingerprint density at radius 1 is 1.32 bits per heavy atom. The summed E-state index contributed by atoms with van der Waals surface area (Å²) in [6.07, 6.45) is 1.59.